The second-order valence-corrected chi connectivity index (χ2v) is 14.8. The zero-order chi connectivity index (χ0) is 32.8. The highest BCUT2D eigenvalue weighted by molar-refractivity contribution is 7.26. The summed E-state index contributed by atoms with van der Waals surface area (Å²) < 4.78 is 9.36. The first-order chi connectivity index (χ1) is 24.8. The van der Waals surface area contributed by atoms with E-state index in [4.69, 9.17) is 4.42 Å². The Hall–Kier alpha value is -5.70. The molecule has 0 saturated heterocycles. The zero-order valence-corrected chi connectivity index (χ0v) is 28.3. The predicted molar refractivity (Wildman–Crippen MR) is 215 cm³/mol. The number of furan rings is 1. The Balaban J connectivity index is 1.11. The van der Waals surface area contributed by atoms with Gasteiger partial charge in [0, 0.05) is 32.0 Å². The Labute approximate surface area is 293 Å². The van der Waals surface area contributed by atoms with Crippen LogP contribution in [0, 0.1) is 5.92 Å². The van der Waals surface area contributed by atoms with Gasteiger partial charge in [-0.3, -0.25) is 0 Å². The molecule has 0 radical (unpaired) electrons. The van der Waals surface area contributed by atoms with Crippen LogP contribution < -0.4 is 10.6 Å². The Morgan fingerprint density at radius 3 is 1.88 bits per heavy atom. The van der Waals surface area contributed by atoms with Gasteiger partial charge in [-0.15, -0.1) is 11.3 Å². The normalized spacial score (nSPS) is 16.1. The molecule has 1 nitrogen and oxygen atoms in total. The molecule has 2 aliphatic rings. The summed E-state index contributed by atoms with van der Waals surface area (Å²) in [5.74, 6) is 0.289. The van der Waals surface area contributed by atoms with Crippen molar-refractivity contribution >= 4 is 92.5 Å². The summed E-state index contributed by atoms with van der Waals surface area (Å²) in [6, 6.07) is 46.6. The minimum atomic E-state index is 0.289. The molecular formula is C48H32OS. The third-order valence-electron chi connectivity index (χ3n) is 11.0. The van der Waals surface area contributed by atoms with Crippen molar-refractivity contribution in [3.05, 3.63) is 161 Å². The lowest BCUT2D eigenvalue weighted by Gasteiger charge is -2.23. The highest BCUT2D eigenvalue weighted by Gasteiger charge is 2.24. The summed E-state index contributed by atoms with van der Waals surface area (Å²) in [7, 11) is 0. The third-order valence-corrected chi connectivity index (χ3v) is 12.2. The molecule has 1 atom stereocenters. The summed E-state index contributed by atoms with van der Waals surface area (Å²) in [6.45, 7) is 0. The van der Waals surface area contributed by atoms with E-state index in [1.54, 1.807) is 0 Å². The van der Waals surface area contributed by atoms with E-state index < -0.39 is 0 Å². The number of allylic oxidation sites excluding steroid dienone is 4. The van der Waals surface area contributed by atoms with E-state index in [9.17, 15) is 0 Å². The van der Waals surface area contributed by atoms with Gasteiger partial charge in [-0.25, -0.2) is 0 Å². The number of rotatable bonds is 3. The fourth-order valence-electron chi connectivity index (χ4n) is 8.91. The summed E-state index contributed by atoms with van der Waals surface area (Å²) in [5, 5.41) is 13.0. The Bertz CT molecular complexity index is 3000. The fourth-order valence-corrected chi connectivity index (χ4v) is 10.1. The maximum Gasteiger partial charge on any atom is 0.153 e. The molecule has 0 aliphatic heterocycles. The van der Waals surface area contributed by atoms with Crippen molar-refractivity contribution in [2.24, 2.45) is 5.92 Å². The van der Waals surface area contributed by atoms with Crippen LogP contribution in [-0.2, 0) is 0 Å². The van der Waals surface area contributed by atoms with E-state index in [0.717, 1.165) is 30.3 Å². The third kappa shape index (κ3) is 4.06. The first-order valence-electron chi connectivity index (χ1n) is 17.7. The molecule has 0 spiro atoms. The molecule has 50 heavy (non-hydrogen) atoms. The van der Waals surface area contributed by atoms with Gasteiger partial charge in [-0.1, -0.05) is 140 Å². The van der Waals surface area contributed by atoms with Crippen LogP contribution in [-0.4, -0.2) is 0 Å². The number of thiophene rings is 1. The van der Waals surface area contributed by atoms with Gasteiger partial charge in [0.2, 0.25) is 0 Å². The van der Waals surface area contributed by atoms with Gasteiger partial charge < -0.3 is 4.42 Å². The van der Waals surface area contributed by atoms with Crippen LogP contribution >= 0.6 is 11.3 Å². The number of benzene rings is 7. The van der Waals surface area contributed by atoms with Crippen molar-refractivity contribution in [1.29, 1.82) is 0 Å². The minimum absolute atomic E-state index is 0.289. The van der Waals surface area contributed by atoms with Gasteiger partial charge in [-0.05, 0) is 91.6 Å². The van der Waals surface area contributed by atoms with Crippen molar-refractivity contribution < 1.29 is 4.42 Å². The van der Waals surface area contributed by atoms with Crippen LogP contribution in [0.5, 0.6) is 0 Å². The molecule has 11 rings (SSSR count). The molecule has 9 aromatic rings. The lowest BCUT2D eigenvalue weighted by Crippen LogP contribution is -2.26. The van der Waals surface area contributed by atoms with E-state index in [0.29, 0.717) is 0 Å². The van der Waals surface area contributed by atoms with Crippen molar-refractivity contribution in [2.75, 3.05) is 0 Å². The molecule has 0 amide bonds. The second-order valence-electron chi connectivity index (χ2n) is 13.8. The molecule has 2 heteroatoms. The van der Waals surface area contributed by atoms with E-state index >= 15 is 0 Å². The maximum absolute atomic E-state index is 6.80. The smallest absolute Gasteiger partial charge is 0.153 e. The molecule has 0 saturated carbocycles. The van der Waals surface area contributed by atoms with Crippen molar-refractivity contribution in [2.45, 2.75) is 19.3 Å². The minimum Gasteiger partial charge on any atom is -0.455 e. The lowest BCUT2D eigenvalue weighted by atomic mass is 9.80. The Morgan fingerprint density at radius 1 is 0.560 bits per heavy atom. The summed E-state index contributed by atoms with van der Waals surface area (Å²) in [6.07, 6.45) is 12.9. The molecule has 2 aromatic heterocycles. The van der Waals surface area contributed by atoms with Crippen molar-refractivity contribution in [3.63, 3.8) is 0 Å². The molecule has 0 bridgehead atoms. The van der Waals surface area contributed by atoms with Crippen LogP contribution in [0.15, 0.2) is 150 Å². The van der Waals surface area contributed by atoms with Crippen molar-refractivity contribution in [3.8, 4) is 11.1 Å². The van der Waals surface area contributed by atoms with Gasteiger partial charge >= 0.3 is 0 Å². The van der Waals surface area contributed by atoms with E-state index in [1.807, 2.05) is 11.3 Å². The van der Waals surface area contributed by atoms with E-state index in [-0.39, 0.29) is 5.92 Å². The number of hydrogen-bond donors (Lipinski definition) is 0. The van der Waals surface area contributed by atoms with E-state index in [1.165, 1.54) is 90.9 Å². The van der Waals surface area contributed by atoms with Gasteiger partial charge in [0.25, 0.3) is 0 Å². The molecule has 0 fully saturated rings. The Morgan fingerprint density at radius 2 is 1.16 bits per heavy atom. The Kier molecular flexibility index (Phi) is 6.14. The van der Waals surface area contributed by atoms with E-state index in [2.05, 4.69) is 152 Å². The maximum atomic E-state index is 6.80. The second kappa shape index (κ2) is 10.9. The molecule has 236 valence electrons. The lowest BCUT2D eigenvalue weighted by molar-refractivity contribution is 0.572. The topological polar surface area (TPSA) is 13.1 Å². The summed E-state index contributed by atoms with van der Waals surface area (Å²) in [5.41, 5.74) is 8.86. The monoisotopic (exact) mass is 656 g/mol. The van der Waals surface area contributed by atoms with Gasteiger partial charge in [0.05, 0.1) is 4.70 Å². The first kappa shape index (κ1) is 28.2. The predicted octanol–water partition coefficient (Wildman–Crippen LogP) is 12.3. The van der Waals surface area contributed by atoms with Crippen molar-refractivity contribution in [1.82, 2.24) is 0 Å². The first-order valence-corrected chi connectivity index (χ1v) is 18.5. The van der Waals surface area contributed by atoms with Gasteiger partial charge in [0.15, 0.2) is 5.58 Å². The van der Waals surface area contributed by atoms with Crippen LogP contribution in [0.1, 0.15) is 24.8 Å². The highest BCUT2D eigenvalue weighted by atomic mass is 32.1. The molecule has 2 heterocycles. The average Bonchev–Trinajstić information content (AvgIpc) is 3.77. The van der Waals surface area contributed by atoms with Crippen LogP contribution in [0.4, 0.5) is 0 Å². The molecule has 7 aromatic carbocycles. The quantitative estimate of drug-likeness (QED) is 0.173. The highest BCUT2D eigenvalue weighted by Crippen LogP contribution is 2.45. The van der Waals surface area contributed by atoms with Gasteiger partial charge in [0.1, 0.15) is 5.42 Å². The van der Waals surface area contributed by atoms with Crippen LogP contribution in [0.2, 0.25) is 0 Å². The molecule has 1 unspecified atom stereocenters. The average molecular weight is 657 g/mol. The van der Waals surface area contributed by atoms with Crippen LogP contribution in [0.25, 0.3) is 92.3 Å². The number of fused-ring (bicyclic) bond motifs is 12. The fraction of sp³-hybridized carbons (Fsp3) is 0.0833. The summed E-state index contributed by atoms with van der Waals surface area (Å²) in [4.78, 5) is 0. The summed E-state index contributed by atoms with van der Waals surface area (Å²) >= 11 is 1.85. The van der Waals surface area contributed by atoms with Crippen LogP contribution in [0.3, 0.4) is 0 Å². The standard InChI is InChI=1S/C48H32OS/c1-2-13-29(14-3-1)43-33-17-4-6-19-35(33)44(36-20-7-5-18-34(36)43)32-16-12-15-30(27-32)31-25-26-41-40(28-31)45-37-21-8-9-22-38(37)46-39-23-10-11-24-42(39)50-48(46)47(45)49-41/h1-11,13-15,17-24,26-28,31H,12,16,25H2. The molecule has 2 aliphatic carbocycles. The van der Waals surface area contributed by atoms with Gasteiger partial charge in [-0.2, -0.15) is 0 Å². The molecular weight excluding hydrogens is 625 g/mol. The zero-order valence-electron chi connectivity index (χ0n) is 27.4. The number of hydrogen-bond acceptors (Lipinski definition) is 2. The largest absolute Gasteiger partial charge is 0.455 e. The molecule has 0 N–H and O–H groups in total. The SMILES string of the molecule is C1=C(c2c3ccccc3c(-c3ccccc3)c3ccccc23)CCC=C1C1C=c2c(oc3c4sc5ccccc5c4c4ccccc4c23)=CC1.